The summed E-state index contributed by atoms with van der Waals surface area (Å²) in [4.78, 5) is 13.7. The van der Waals surface area contributed by atoms with Crippen molar-refractivity contribution in [2.75, 3.05) is 25.1 Å². The van der Waals surface area contributed by atoms with Crippen LogP contribution in [0.15, 0.2) is 43.0 Å². The number of benzene rings is 1. The van der Waals surface area contributed by atoms with Crippen molar-refractivity contribution in [3.05, 3.63) is 54.5 Å². The molecular weight excluding hydrogens is 349 g/mol. The van der Waals surface area contributed by atoms with Gasteiger partial charge in [-0.3, -0.25) is 9.89 Å². The van der Waals surface area contributed by atoms with E-state index in [0.29, 0.717) is 5.75 Å². The number of hydrogen-bond acceptors (Lipinski definition) is 3. The van der Waals surface area contributed by atoms with Crippen LogP contribution in [0.3, 0.4) is 0 Å². The van der Waals surface area contributed by atoms with Crippen molar-refractivity contribution >= 4 is 17.7 Å². The molecule has 0 unspecified atom stereocenters. The summed E-state index contributed by atoms with van der Waals surface area (Å²) in [6.07, 6.45) is 5.82. The maximum absolute atomic E-state index is 13.0. The summed E-state index contributed by atoms with van der Waals surface area (Å²) >= 11 is 1.59. The quantitative estimate of drug-likeness (QED) is 0.470. The van der Waals surface area contributed by atoms with E-state index < -0.39 is 0 Å². The molecule has 2 aromatic rings. The van der Waals surface area contributed by atoms with Crippen LogP contribution in [0.5, 0.6) is 0 Å². The molecule has 6 heteroatoms. The van der Waals surface area contributed by atoms with Gasteiger partial charge in [-0.15, -0.1) is 18.3 Å². The van der Waals surface area contributed by atoms with E-state index in [2.05, 4.69) is 16.8 Å². The number of nitrogens with zero attached hydrogens (tertiary/aromatic N) is 2. The van der Waals surface area contributed by atoms with Crippen molar-refractivity contribution < 1.29 is 9.18 Å². The van der Waals surface area contributed by atoms with Gasteiger partial charge in [-0.2, -0.15) is 5.10 Å². The molecule has 26 heavy (non-hydrogen) atoms. The zero-order valence-electron chi connectivity index (χ0n) is 15.2. The molecule has 1 amide bonds. The first-order valence-electron chi connectivity index (χ1n) is 8.83. The molecule has 0 radical (unpaired) electrons. The number of rotatable bonds is 11. The van der Waals surface area contributed by atoms with Crippen molar-refractivity contribution in [2.24, 2.45) is 0 Å². The van der Waals surface area contributed by atoms with Gasteiger partial charge in [0.1, 0.15) is 5.82 Å². The summed E-state index contributed by atoms with van der Waals surface area (Å²) in [7, 11) is 1.86. The molecule has 0 saturated heterocycles. The van der Waals surface area contributed by atoms with Crippen molar-refractivity contribution in [1.82, 2.24) is 15.1 Å². The van der Waals surface area contributed by atoms with Crippen LogP contribution in [0.25, 0.3) is 11.3 Å². The lowest BCUT2D eigenvalue weighted by atomic mass is 10.1. The molecule has 4 nitrogen and oxygen atoms in total. The lowest BCUT2D eigenvalue weighted by molar-refractivity contribution is -0.127. The van der Waals surface area contributed by atoms with Crippen LogP contribution in [0.1, 0.15) is 25.0 Å². The third-order valence-corrected chi connectivity index (χ3v) is 5.02. The van der Waals surface area contributed by atoms with Gasteiger partial charge < -0.3 is 4.90 Å². The second kappa shape index (κ2) is 10.8. The summed E-state index contributed by atoms with van der Waals surface area (Å²) in [5, 5.41) is 7.34. The van der Waals surface area contributed by atoms with Crippen LogP contribution in [0, 0.1) is 5.82 Å². The van der Waals surface area contributed by atoms with Crippen LogP contribution in [0.4, 0.5) is 4.39 Å². The summed E-state index contributed by atoms with van der Waals surface area (Å²) in [6.45, 7) is 4.44. The van der Waals surface area contributed by atoms with Gasteiger partial charge in [-0.25, -0.2) is 4.39 Å². The molecule has 1 aromatic heterocycles. The van der Waals surface area contributed by atoms with Crippen LogP contribution in [0.2, 0.25) is 0 Å². The van der Waals surface area contributed by atoms with Gasteiger partial charge in [-0.1, -0.05) is 12.5 Å². The molecule has 0 atom stereocenters. The van der Waals surface area contributed by atoms with Crippen LogP contribution >= 0.6 is 11.8 Å². The first-order chi connectivity index (χ1) is 12.6. The number of aromatic amines is 1. The zero-order chi connectivity index (χ0) is 18.8. The average molecular weight is 376 g/mol. The molecule has 0 bridgehead atoms. The Morgan fingerprint density at radius 3 is 2.81 bits per heavy atom. The number of H-pyrrole nitrogens is 1. The van der Waals surface area contributed by atoms with Crippen LogP contribution < -0.4 is 0 Å². The number of thioether (sulfide) groups is 1. The van der Waals surface area contributed by atoms with Gasteiger partial charge in [0, 0.05) is 30.6 Å². The van der Waals surface area contributed by atoms with E-state index in [0.717, 1.165) is 54.9 Å². The lowest BCUT2D eigenvalue weighted by Gasteiger charge is -2.16. The second-order valence-corrected chi connectivity index (χ2v) is 7.25. The first kappa shape index (κ1) is 20.2. The fraction of sp³-hybridized carbons (Fsp3) is 0.400. The van der Waals surface area contributed by atoms with E-state index in [4.69, 9.17) is 0 Å². The number of unbranched alkanes of at least 4 members (excludes halogenated alkanes) is 2. The minimum absolute atomic E-state index is 0.175. The highest BCUT2D eigenvalue weighted by molar-refractivity contribution is 8.00. The third kappa shape index (κ3) is 6.67. The Balaban J connectivity index is 1.65. The maximum atomic E-state index is 13.0. The Morgan fingerprint density at radius 1 is 1.31 bits per heavy atom. The van der Waals surface area contributed by atoms with Gasteiger partial charge in [0.25, 0.3) is 0 Å². The van der Waals surface area contributed by atoms with E-state index >= 15 is 0 Å². The molecule has 0 saturated carbocycles. The third-order valence-electron chi connectivity index (χ3n) is 4.10. The fourth-order valence-corrected chi connectivity index (χ4v) is 3.24. The van der Waals surface area contributed by atoms with Gasteiger partial charge in [0.15, 0.2) is 0 Å². The zero-order valence-corrected chi connectivity index (χ0v) is 16.0. The van der Waals surface area contributed by atoms with Gasteiger partial charge in [0.2, 0.25) is 5.91 Å². The lowest BCUT2D eigenvalue weighted by Crippen LogP contribution is -2.29. The topological polar surface area (TPSA) is 49.0 Å². The molecule has 0 aliphatic carbocycles. The molecule has 0 aliphatic heterocycles. The highest BCUT2D eigenvalue weighted by Crippen LogP contribution is 2.19. The number of aryl methyl sites for hydroxylation is 1. The van der Waals surface area contributed by atoms with Crippen LogP contribution in [-0.4, -0.2) is 46.1 Å². The Hall–Kier alpha value is -2.08. The van der Waals surface area contributed by atoms with Gasteiger partial charge in [0.05, 0.1) is 11.4 Å². The van der Waals surface area contributed by atoms with E-state index in [9.17, 15) is 9.18 Å². The molecule has 1 N–H and O–H groups in total. The van der Waals surface area contributed by atoms with E-state index in [1.165, 1.54) is 12.1 Å². The minimum atomic E-state index is -0.243. The van der Waals surface area contributed by atoms with Crippen LogP contribution in [-0.2, 0) is 11.2 Å². The van der Waals surface area contributed by atoms with E-state index in [1.807, 2.05) is 19.2 Å². The highest BCUT2D eigenvalue weighted by Gasteiger charge is 2.08. The summed E-state index contributed by atoms with van der Waals surface area (Å²) in [5.74, 6) is 1.26. The predicted molar refractivity (Wildman–Crippen MR) is 107 cm³/mol. The summed E-state index contributed by atoms with van der Waals surface area (Å²) in [5.41, 5.74) is 2.82. The molecule has 1 heterocycles. The standard InChI is InChI=1S/C20H26FN3OS/c1-3-13-26-15-20(25)24(2)12-6-4-5-7-18-14-19(23-22-18)16-8-10-17(21)11-9-16/h3,8-11,14H,1,4-7,12-13,15H2,2H3,(H,22,23). The minimum Gasteiger partial charge on any atom is -0.345 e. The molecular formula is C20H26FN3OS. The normalized spacial score (nSPS) is 10.7. The first-order valence-corrected chi connectivity index (χ1v) is 9.98. The average Bonchev–Trinajstić information content (AvgIpc) is 3.11. The maximum Gasteiger partial charge on any atom is 0.232 e. The van der Waals surface area contributed by atoms with E-state index in [1.54, 1.807) is 28.8 Å². The Bertz CT molecular complexity index is 699. The Kier molecular flexibility index (Phi) is 8.41. The summed E-state index contributed by atoms with van der Waals surface area (Å²) < 4.78 is 13.0. The molecule has 0 aliphatic rings. The smallest absolute Gasteiger partial charge is 0.232 e. The van der Waals surface area contributed by atoms with Crippen molar-refractivity contribution in [3.8, 4) is 11.3 Å². The summed E-state index contributed by atoms with van der Waals surface area (Å²) in [6, 6.07) is 8.36. The number of nitrogens with one attached hydrogen (secondary N) is 1. The largest absolute Gasteiger partial charge is 0.345 e. The molecule has 140 valence electrons. The van der Waals surface area contributed by atoms with Crippen molar-refractivity contribution in [1.29, 1.82) is 0 Å². The SMILES string of the molecule is C=CCSCC(=O)N(C)CCCCCc1cc(-c2ccc(F)cc2)n[nH]1. The van der Waals surface area contributed by atoms with Crippen molar-refractivity contribution in [2.45, 2.75) is 25.7 Å². The monoisotopic (exact) mass is 375 g/mol. The number of amides is 1. The fourth-order valence-electron chi connectivity index (χ4n) is 2.56. The van der Waals surface area contributed by atoms with Gasteiger partial charge in [-0.05, 0) is 49.6 Å². The number of aromatic nitrogens is 2. The Labute approximate surface area is 158 Å². The number of carbonyl (C=O) groups excluding carboxylic acids is 1. The van der Waals surface area contributed by atoms with Crippen molar-refractivity contribution in [3.63, 3.8) is 0 Å². The highest BCUT2D eigenvalue weighted by atomic mass is 32.2. The second-order valence-electron chi connectivity index (χ2n) is 6.22. The number of halogens is 1. The van der Waals surface area contributed by atoms with Gasteiger partial charge >= 0.3 is 0 Å². The molecule has 0 spiro atoms. The Morgan fingerprint density at radius 2 is 2.08 bits per heavy atom. The molecule has 1 aromatic carbocycles. The van der Waals surface area contributed by atoms with E-state index in [-0.39, 0.29) is 11.7 Å². The molecule has 0 fully saturated rings. The number of hydrogen-bond donors (Lipinski definition) is 1. The number of carbonyl (C=O) groups is 1. The predicted octanol–water partition coefficient (Wildman–Crippen LogP) is 4.31. The molecule has 2 rings (SSSR count).